The number of piperidine rings is 1. The lowest BCUT2D eigenvalue weighted by atomic mass is 10.1. The van der Waals surface area contributed by atoms with Gasteiger partial charge in [-0.3, -0.25) is 0 Å². The fraction of sp³-hybridized carbons (Fsp3) is 0.733. The second-order valence-electron chi connectivity index (χ2n) is 6.48. The zero-order chi connectivity index (χ0) is 17.0. The molecule has 1 aromatic heterocycles. The Morgan fingerprint density at radius 3 is 2.52 bits per heavy atom. The Balaban J connectivity index is 1.96. The second kappa shape index (κ2) is 6.97. The van der Waals surface area contributed by atoms with E-state index in [0.29, 0.717) is 38.2 Å². The summed E-state index contributed by atoms with van der Waals surface area (Å²) in [6.45, 7) is 8.71. The third-order valence-corrected chi connectivity index (χ3v) is 3.52. The molecule has 0 atom stereocenters. The van der Waals surface area contributed by atoms with Crippen LogP contribution in [0.1, 0.15) is 57.1 Å². The van der Waals surface area contributed by atoms with E-state index in [4.69, 9.17) is 9.47 Å². The number of carbonyl (C=O) groups excluding carboxylic acids is 2. The van der Waals surface area contributed by atoms with Crippen molar-refractivity contribution in [3.63, 3.8) is 0 Å². The van der Waals surface area contributed by atoms with Crippen molar-refractivity contribution in [2.45, 2.75) is 52.2 Å². The standard InChI is InChI=1S/C15H24N4O4/c1-5-22-13(20)12-10-16-17-19(12)11-6-8-18(9-7-11)14(21)23-15(2,3)4/h10-11H,5-9H2,1-4H3. The van der Waals surface area contributed by atoms with Crippen molar-refractivity contribution < 1.29 is 19.1 Å². The lowest BCUT2D eigenvalue weighted by Gasteiger charge is -2.33. The summed E-state index contributed by atoms with van der Waals surface area (Å²) >= 11 is 0. The zero-order valence-corrected chi connectivity index (χ0v) is 14.1. The molecule has 128 valence electrons. The number of carbonyl (C=O) groups is 2. The summed E-state index contributed by atoms with van der Waals surface area (Å²) in [6, 6.07) is 0.0237. The number of aromatic nitrogens is 3. The molecule has 0 spiro atoms. The third kappa shape index (κ3) is 4.43. The summed E-state index contributed by atoms with van der Waals surface area (Å²) in [5.74, 6) is -0.424. The molecule has 1 aliphatic rings. The molecule has 0 bridgehead atoms. The highest BCUT2D eigenvalue weighted by Crippen LogP contribution is 2.24. The maximum atomic E-state index is 12.1. The molecule has 0 aliphatic carbocycles. The smallest absolute Gasteiger partial charge is 0.410 e. The molecular formula is C15H24N4O4. The van der Waals surface area contributed by atoms with Gasteiger partial charge >= 0.3 is 12.1 Å². The first-order valence-electron chi connectivity index (χ1n) is 7.87. The van der Waals surface area contributed by atoms with Crippen LogP contribution in [0.15, 0.2) is 6.20 Å². The normalized spacial score (nSPS) is 16.3. The van der Waals surface area contributed by atoms with Gasteiger partial charge in [-0.05, 0) is 40.5 Å². The maximum Gasteiger partial charge on any atom is 0.410 e. The van der Waals surface area contributed by atoms with Gasteiger partial charge in [0.05, 0.1) is 18.8 Å². The fourth-order valence-corrected chi connectivity index (χ4v) is 2.48. The minimum absolute atomic E-state index is 0.0237. The number of amides is 1. The molecule has 2 heterocycles. The van der Waals surface area contributed by atoms with Crippen LogP contribution in [0.5, 0.6) is 0 Å². The first kappa shape index (κ1) is 17.2. The molecule has 1 amide bonds. The van der Waals surface area contributed by atoms with Crippen molar-refractivity contribution in [2.75, 3.05) is 19.7 Å². The highest BCUT2D eigenvalue weighted by atomic mass is 16.6. The van der Waals surface area contributed by atoms with E-state index in [2.05, 4.69) is 10.3 Å². The predicted molar refractivity (Wildman–Crippen MR) is 82.1 cm³/mol. The van der Waals surface area contributed by atoms with Crippen molar-refractivity contribution in [2.24, 2.45) is 0 Å². The summed E-state index contributed by atoms with van der Waals surface area (Å²) in [6.07, 6.45) is 2.49. The lowest BCUT2D eigenvalue weighted by Crippen LogP contribution is -2.42. The molecule has 2 rings (SSSR count). The number of ether oxygens (including phenoxy) is 2. The van der Waals surface area contributed by atoms with Crippen LogP contribution in [0.4, 0.5) is 4.79 Å². The molecule has 1 aromatic rings. The van der Waals surface area contributed by atoms with E-state index in [1.165, 1.54) is 6.20 Å². The fourth-order valence-electron chi connectivity index (χ4n) is 2.48. The SMILES string of the molecule is CCOC(=O)c1cnnn1C1CCN(C(=O)OC(C)(C)C)CC1. The Kier molecular flexibility index (Phi) is 5.23. The van der Waals surface area contributed by atoms with Crippen LogP contribution in [0, 0.1) is 0 Å². The zero-order valence-electron chi connectivity index (χ0n) is 14.1. The van der Waals surface area contributed by atoms with Crippen LogP contribution in [-0.2, 0) is 9.47 Å². The molecule has 0 N–H and O–H groups in total. The third-order valence-electron chi connectivity index (χ3n) is 3.52. The topological polar surface area (TPSA) is 86.5 Å². The number of rotatable bonds is 3. The molecule has 1 saturated heterocycles. The average Bonchev–Trinajstić information content (AvgIpc) is 2.95. The Morgan fingerprint density at radius 1 is 1.30 bits per heavy atom. The van der Waals surface area contributed by atoms with Gasteiger partial charge in [0.25, 0.3) is 0 Å². The highest BCUT2D eigenvalue weighted by Gasteiger charge is 2.29. The number of nitrogens with zero attached hydrogens (tertiary/aromatic N) is 4. The number of hydrogen-bond acceptors (Lipinski definition) is 6. The molecule has 1 fully saturated rings. The number of likely N-dealkylation sites (tertiary alicyclic amines) is 1. The molecule has 0 unspecified atom stereocenters. The Morgan fingerprint density at radius 2 is 1.96 bits per heavy atom. The van der Waals surface area contributed by atoms with Crippen LogP contribution in [0.2, 0.25) is 0 Å². The molecule has 0 radical (unpaired) electrons. The van der Waals surface area contributed by atoms with Crippen LogP contribution in [-0.4, -0.2) is 57.3 Å². The Bertz CT molecular complexity index is 556. The van der Waals surface area contributed by atoms with Gasteiger partial charge in [0.2, 0.25) is 0 Å². The van der Waals surface area contributed by atoms with Gasteiger partial charge in [-0.25, -0.2) is 14.3 Å². The predicted octanol–water partition coefficient (Wildman–Crippen LogP) is 2.03. The summed E-state index contributed by atoms with van der Waals surface area (Å²) in [7, 11) is 0. The van der Waals surface area contributed by atoms with Crippen molar-refractivity contribution in [1.82, 2.24) is 19.9 Å². The van der Waals surface area contributed by atoms with E-state index < -0.39 is 11.6 Å². The van der Waals surface area contributed by atoms with Crippen molar-refractivity contribution in [3.05, 3.63) is 11.9 Å². The summed E-state index contributed by atoms with van der Waals surface area (Å²) in [5, 5.41) is 7.81. The molecule has 1 aliphatic heterocycles. The van der Waals surface area contributed by atoms with Gasteiger partial charge in [-0.1, -0.05) is 5.21 Å². The summed E-state index contributed by atoms with van der Waals surface area (Å²) in [4.78, 5) is 25.6. The van der Waals surface area contributed by atoms with Gasteiger partial charge in [0.1, 0.15) is 5.60 Å². The van der Waals surface area contributed by atoms with E-state index in [0.717, 1.165) is 0 Å². The van der Waals surface area contributed by atoms with Gasteiger partial charge in [-0.2, -0.15) is 0 Å². The highest BCUT2D eigenvalue weighted by molar-refractivity contribution is 5.87. The van der Waals surface area contributed by atoms with Crippen LogP contribution < -0.4 is 0 Å². The lowest BCUT2D eigenvalue weighted by molar-refractivity contribution is 0.0179. The molecule has 0 aromatic carbocycles. The summed E-state index contributed by atoms with van der Waals surface area (Å²) < 4.78 is 12.0. The van der Waals surface area contributed by atoms with Crippen molar-refractivity contribution >= 4 is 12.1 Å². The largest absolute Gasteiger partial charge is 0.461 e. The van der Waals surface area contributed by atoms with Crippen LogP contribution in [0.3, 0.4) is 0 Å². The quantitative estimate of drug-likeness (QED) is 0.791. The van der Waals surface area contributed by atoms with Crippen molar-refractivity contribution in [1.29, 1.82) is 0 Å². The number of esters is 1. The van der Waals surface area contributed by atoms with Crippen LogP contribution >= 0.6 is 0 Å². The molecule has 8 nitrogen and oxygen atoms in total. The van der Waals surface area contributed by atoms with E-state index in [1.807, 2.05) is 20.8 Å². The minimum Gasteiger partial charge on any atom is -0.461 e. The van der Waals surface area contributed by atoms with Crippen LogP contribution in [0.25, 0.3) is 0 Å². The Hall–Kier alpha value is -2.12. The molecule has 0 saturated carbocycles. The van der Waals surface area contributed by atoms with E-state index in [9.17, 15) is 9.59 Å². The first-order valence-corrected chi connectivity index (χ1v) is 7.87. The molecule has 8 heteroatoms. The van der Waals surface area contributed by atoms with Gasteiger partial charge < -0.3 is 14.4 Å². The monoisotopic (exact) mass is 324 g/mol. The molecular weight excluding hydrogens is 300 g/mol. The minimum atomic E-state index is -0.503. The molecule has 23 heavy (non-hydrogen) atoms. The van der Waals surface area contributed by atoms with Gasteiger partial charge in [-0.15, -0.1) is 5.10 Å². The summed E-state index contributed by atoms with van der Waals surface area (Å²) in [5.41, 5.74) is -0.153. The van der Waals surface area contributed by atoms with E-state index >= 15 is 0 Å². The van der Waals surface area contributed by atoms with Gasteiger partial charge in [0, 0.05) is 13.1 Å². The first-order chi connectivity index (χ1) is 10.8. The van der Waals surface area contributed by atoms with E-state index in [-0.39, 0.29) is 12.1 Å². The van der Waals surface area contributed by atoms with E-state index in [1.54, 1.807) is 16.5 Å². The Labute approximate surface area is 135 Å². The van der Waals surface area contributed by atoms with Crippen molar-refractivity contribution in [3.8, 4) is 0 Å². The number of hydrogen-bond donors (Lipinski definition) is 0. The van der Waals surface area contributed by atoms with Gasteiger partial charge in [0.15, 0.2) is 5.69 Å². The maximum absolute atomic E-state index is 12.1. The average molecular weight is 324 g/mol. The second-order valence-corrected chi connectivity index (χ2v) is 6.48.